The molecule has 1 N–H and O–H groups in total. The van der Waals surface area contributed by atoms with Gasteiger partial charge >= 0.3 is 0 Å². The number of nitrogens with zero attached hydrogens (tertiary/aromatic N) is 5. The molecule has 1 aliphatic rings. The van der Waals surface area contributed by atoms with Crippen LogP contribution in [0, 0.1) is 0 Å². The van der Waals surface area contributed by atoms with Crippen LogP contribution in [0.5, 0.6) is 0 Å². The molecule has 1 atom stereocenters. The molecule has 0 spiro atoms. The molecule has 136 valence electrons. The van der Waals surface area contributed by atoms with Gasteiger partial charge in [0, 0.05) is 39.1 Å². The minimum absolute atomic E-state index is 0.129. The highest BCUT2D eigenvalue weighted by Gasteiger charge is 2.24. The Morgan fingerprint density at radius 3 is 2.85 bits per heavy atom. The van der Waals surface area contributed by atoms with E-state index in [9.17, 15) is 4.79 Å². The van der Waals surface area contributed by atoms with Crippen molar-refractivity contribution < 1.29 is 9.21 Å². The Kier molecular flexibility index (Phi) is 4.56. The summed E-state index contributed by atoms with van der Waals surface area (Å²) in [4.78, 5) is 20.0. The summed E-state index contributed by atoms with van der Waals surface area (Å²) in [6.07, 6.45) is 1.48. The molecule has 1 saturated heterocycles. The number of carbonyl (C=O) groups is 1. The monoisotopic (exact) mass is 372 g/mol. The molecule has 3 heterocycles. The van der Waals surface area contributed by atoms with Crippen LogP contribution >= 0.6 is 11.3 Å². The molecule has 3 aromatic rings. The molecule has 1 fully saturated rings. The van der Waals surface area contributed by atoms with Crippen LogP contribution in [0.25, 0.3) is 11.1 Å². The lowest BCUT2D eigenvalue weighted by Crippen LogP contribution is -2.47. The topological polar surface area (TPSA) is 87.4 Å². The predicted molar refractivity (Wildman–Crippen MR) is 100 cm³/mol. The molecule has 4 rings (SSSR count). The van der Waals surface area contributed by atoms with Crippen molar-refractivity contribution in [3.05, 3.63) is 30.2 Å². The molecule has 1 amide bonds. The van der Waals surface area contributed by atoms with E-state index in [1.165, 1.54) is 30.2 Å². The Bertz CT molecular complexity index is 915. The first kappa shape index (κ1) is 16.9. The zero-order chi connectivity index (χ0) is 18.1. The number of benzene rings is 1. The van der Waals surface area contributed by atoms with Crippen molar-refractivity contribution in [1.82, 2.24) is 20.1 Å². The van der Waals surface area contributed by atoms with Gasteiger partial charge in [0.2, 0.25) is 16.2 Å². The SMILES string of the molecule is CC(=O)Nc1nnc(N2CCN(C(C)c3ccc4ocnc4c3)CC2)s1. The van der Waals surface area contributed by atoms with Gasteiger partial charge in [0.1, 0.15) is 5.52 Å². The van der Waals surface area contributed by atoms with Crippen molar-refractivity contribution in [2.75, 3.05) is 36.4 Å². The van der Waals surface area contributed by atoms with E-state index < -0.39 is 0 Å². The highest BCUT2D eigenvalue weighted by atomic mass is 32.1. The zero-order valence-electron chi connectivity index (χ0n) is 14.7. The van der Waals surface area contributed by atoms with Gasteiger partial charge in [0.05, 0.1) is 0 Å². The standard InChI is InChI=1S/C17H20N6O2S/c1-11(13-3-4-15-14(9-13)18-10-25-15)22-5-7-23(8-6-22)17-21-20-16(26-17)19-12(2)24/h3-4,9-11H,5-8H2,1-2H3,(H,19,20,24). The van der Waals surface area contributed by atoms with E-state index in [-0.39, 0.29) is 5.91 Å². The number of hydrogen-bond acceptors (Lipinski definition) is 8. The first-order chi connectivity index (χ1) is 12.6. The second-order valence-electron chi connectivity index (χ2n) is 6.35. The van der Waals surface area contributed by atoms with Crippen molar-refractivity contribution in [2.24, 2.45) is 0 Å². The third-order valence-corrected chi connectivity index (χ3v) is 5.57. The highest BCUT2D eigenvalue weighted by molar-refractivity contribution is 7.19. The van der Waals surface area contributed by atoms with E-state index in [1.54, 1.807) is 0 Å². The summed E-state index contributed by atoms with van der Waals surface area (Å²) >= 11 is 1.41. The molecular formula is C17H20N6O2S. The summed E-state index contributed by atoms with van der Waals surface area (Å²) in [5, 5.41) is 12.3. The average molecular weight is 372 g/mol. The third kappa shape index (κ3) is 3.40. The summed E-state index contributed by atoms with van der Waals surface area (Å²) in [7, 11) is 0. The van der Waals surface area contributed by atoms with E-state index in [4.69, 9.17) is 4.42 Å². The van der Waals surface area contributed by atoms with Gasteiger partial charge in [-0.15, -0.1) is 10.2 Å². The van der Waals surface area contributed by atoms with Crippen molar-refractivity contribution in [3.8, 4) is 0 Å². The number of piperazine rings is 1. The minimum atomic E-state index is -0.129. The van der Waals surface area contributed by atoms with Gasteiger partial charge in [0.25, 0.3) is 0 Å². The number of carbonyl (C=O) groups excluding carboxylic acids is 1. The quantitative estimate of drug-likeness (QED) is 0.753. The second-order valence-corrected chi connectivity index (χ2v) is 7.31. The van der Waals surface area contributed by atoms with Crippen molar-refractivity contribution in [2.45, 2.75) is 19.9 Å². The van der Waals surface area contributed by atoms with Crippen molar-refractivity contribution >= 4 is 38.6 Å². The van der Waals surface area contributed by atoms with E-state index in [0.717, 1.165) is 42.4 Å². The molecule has 9 heteroatoms. The van der Waals surface area contributed by atoms with Gasteiger partial charge in [0.15, 0.2) is 12.0 Å². The van der Waals surface area contributed by atoms with Crippen molar-refractivity contribution in [1.29, 1.82) is 0 Å². The molecular weight excluding hydrogens is 352 g/mol. The second kappa shape index (κ2) is 7.00. The molecule has 26 heavy (non-hydrogen) atoms. The number of rotatable bonds is 4. The molecule has 2 aromatic heterocycles. The van der Waals surface area contributed by atoms with Crippen LogP contribution in [0.15, 0.2) is 29.0 Å². The van der Waals surface area contributed by atoms with Crippen LogP contribution in [0.4, 0.5) is 10.3 Å². The van der Waals surface area contributed by atoms with Gasteiger partial charge in [-0.25, -0.2) is 4.98 Å². The maximum Gasteiger partial charge on any atom is 0.223 e. The fourth-order valence-electron chi connectivity index (χ4n) is 3.19. The van der Waals surface area contributed by atoms with Gasteiger partial charge < -0.3 is 14.6 Å². The lowest BCUT2D eigenvalue weighted by molar-refractivity contribution is -0.114. The number of oxazole rings is 1. The summed E-state index contributed by atoms with van der Waals surface area (Å²) in [6.45, 7) is 7.32. The van der Waals surface area contributed by atoms with Gasteiger partial charge in [-0.3, -0.25) is 9.69 Å². The smallest absolute Gasteiger partial charge is 0.223 e. The summed E-state index contributed by atoms with van der Waals surface area (Å²) < 4.78 is 5.32. The summed E-state index contributed by atoms with van der Waals surface area (Å²) in [5.74, 6) is -0.129. The largest absolute Gasteiger partial charge is 0.443 e. The normalized spacial score (nSPS) is 16.8. The lowest BCUT2D eigenvalue weighted by Gasteiger charge is -2.37. The predicted octanol–water partition coefficient (Wildman–Crippen LogP) is 2.52. The first-order valence-corrected chi connectivity index (χ1v) is 9.35. The number of aromatic nitrogens is 3. The number of amides is 1. The fourth-order valence-corrected chi connectivity index (χ4v) is 4.03. The maximum atomic E-state index is 11.1. The van der Waals surface area contributed by atoms with Crippen LogP contribution in [-0.4, -0.2) is 52.2 Å². The Hall–Kier alpha value is -2.52. The number of fused-ring (bicyclic) bond motifs is 1. The van der Waals surface area contributed by atoms with Gasteiger partial charge in [-0.05, 0) is 24.6 Å². The highest BCUT2D eigenvalue weighted by Crippen LogP contribution is 2.28. The maximum absolute atomic E-state index is 11.1. The lowest BCUT2D eigenvalue weighted by atomic mass is 10.1. The molecule has 1 aliphatic heterocycles. The Labute approximate surface area is 154 Å². The number of anilines is 2. The Morgan fingerprint density at radius 2 is 2.08 bits per heavy atom. The van der Waals surface area contributed by atoms with E-state index in [2.05, 4.69) is 49.4 Å². The van der Waals surface area contributed by atoms with E-state index in [1.807, 2.05) is 6.07 Å². The van der Waals surface area contributed by atoms with Crippen LogP contribution in [-0.2, 0) is 4.79 Å². The Morgan fingerprint density at radius 1 is 1.27 bits per heavy atom. The van der Waals surface area contributed by atoms with E-state index >= 15 is 0 Å². The molecule has 0 saturated carbocycles. The molecule has 0 aliphatic carbocycles. The van der Waals surface area contributed by atoms with E-state index in [0.29, 0.717) is 11.2 Å². The molecule has 1 unspecified atom stereocenters. The van der Waals surface area contributed by atoms with Crippen LogP contribution in [0.1, 0.15) is 25.5 Å². The average Bonchev–Trinajstić information content (AvgIpc) is 3.29. The molecule has 0 radical (unpaired) electrons. The van der Waals surface area contributed by atoms with Crippen LogP contribution in [0.3, 0.4) is 0 Å². The molecule has 8 nitrogen and oxygen atoms in total. The first-order valence-electron chi connectivity index (χ1n) is 8.53. The summed E-state index contributed by atoms with van der Waals surface area (Å²) in [5.41, 5.74) is 2.95. The fraction of sp³-hybridized carbons (Fsp3) is 0.412. The Balaban J connectivity index is 1.39. The van der Waals surface area contributed by atoms with Gasteiger partial charge in [-0.2, -0.15) is 0 Å². The molecule has 0 bridgehead atoms. The van der Waals surface area contributed by atoms with Gasteiger partial charge in [-0.1, -0.05) is 17.4 Å². The number of nitrogens with one attached hydrogen (secondary N) is 1. The van der Waals surface area contributed by atoms with Crippen LogP contribution in [0.2, 0.25) is 0 Å². The third-order valence-electron chi connectivity index (χ3n) is 4.67. The minimum Gasteiger partial charge on any atom is -0.443 e. The number of hydrogen-bond donors (Lipinski definition) is 1. The van der Waals surface area contributed by atoms with Crippen molar-refractivity contribution in [3.63, 3.8) is 0 Å². The van der Waals surface area contributed by atoms with Crippen LogP contribution < -0.4 is 10.2 Å². The zero-order valence-corrected chi connectivity index (χ0v) is 15.5. The summed E-state index contributed by atoms with van der Waals surface area (Å²) in [6, 6.07) is 6.49. The molecule has 1 aromatic carbocycles.